The number of imide groups is 1. The Bertz CT molecular complexity index is 651. The van der Waals surface area contributed by atoms with Gasteiger partial charge in [0.1, 0.15) is 11.4 Å². The molecule has 0 bridgehead atoms. The average molecular weight is 332 g/mol. The molecule has 1 aromatic carbocycles. The fraction of sp³-hybridized carbons (Fsp3) is 0.353. The number of carbonyl (C=O) groups excluding carboxylic acids is 3. The molecule has 128 valence electrons. The molecule has 1 N–H and O–H groups in total. The Morgan fingerprint density at radius 3 is 2.54 bits per heavy atom. The summed E-state index contributed by atoms with van der Waals surface area (Å²) in [6.45, 7) is 4.17. The molecule has 1 aliphatic rings. The molecule has 0 radical (unpaired) electrons. The molecule has 0 atom stereocenters. The van der Waals surface area contributed by atoms with Crippen molar-refractivity contribution in [2.45, 2.75) is 20.3 Å². The third-order valence-electron chi connectivity index (χ3n) is 3.26. The highest BCUT2D eigenvalue weighted by molar-refractivity contribution is 6.13. The summed E-state index contributed by atoms with van der Waals surface area (Å²) < 4.78 is 10.1. The molecule has 2 rings (SSSR count). The second kappa shape index (κ2) is 8.14. The van der Waals surface area contributed by atoms with Crippen molar-refractivity contribution >= 4 is 24.0 Å². The molecule has 7 heteroatoms. The molecule has 1 saturated heterocycles. The lowest BCUT2D eigenvalue weighted by molar-refractivity contribution is -0.145. The number of nitrogens with zero attached hydrogens (tertiary/aromatic N) is 1. The standard InChI is InChI=1S/C17H20N2O5/c1-3-9-19-16(21)14(18-17(19)22)10-12-5-7-13(8-6-12)24-11-15(20)23-4-2/h5-8,10H,3-4,9,11H2,1-2H3,(H,18,22)/b14-10+. The van der Waals surface area contributed by atoms with Gasteiger partial charge in [0.2, 0.25) is 0 Å². The first-order chi connectivity index (χ1) is 11.5. The molecule has 0 aromatic heterocycles. The van der Waals surface area contributed by atoms with Crippen LogP contribution < -0.4 is 10.1 Å². The van der Waals surface area contributed by atoms with Crippen LogP contribution in [0.25, 0.3) is 6.08 Å². The van der Waals surface area contributed by atoms with Gasteiger partial charge in [0.15, 0.2) is 6.61 Å². The third kappa shape index (κ3) is 4.34. The first kappa shape index (κ1) is 17.5. The quantitative estimate of drug-likeness (QED) is 0.468. The van der Waals surface area contributed by atoms with Gasteiger partial charge in [-0.25, -0.2) is 9.59 Å². The van der Waals surface area contributed by atoms with Gasteiger partial charge in [0, 0.05) is 6.54 Å². The minimum atomic E-state index is -0.432. The second-order valence-electron chi connectivity index (χ2n) is 5.11. The van der Waals surface area contributed by atoms with Crippen molar-refractivity contribution in [1.29, 1.82) is 0 Å². The normalized spacial score (nSPS) is 15.6. The largest absolute Gasteiger partial charge is 0.482 e. The molecular formula is C17H20N2O5. The highest BCUT2D eigenvalue weighted by Crippen LogP contribution is 2.17. The van der Waals surface area contributed by atoms with Crippen LogP contribution in [0.4, 0.5) is 4.79 Å². The second-order valence-corrected chi connectivity index (χ2v) is 5.11. The van der Waals surface area contributed by atoms with Gasteiger partial charge in [-0.15, -0.1) is 0 Å². The Kier molecular flexibility index (Phi) is 5.95. The van der Waals surface area contributed by atoms with Crippen LogP contribution in [0.2, 0.25) is 0 Å². The third-order valence-corrected chi connectivity index (χ3v) is 3.26. The molecule has 1 heterocycles. The van der Waals surface area contributed by atoms with Crippen molar-refractivity contribution in [1.82, 2.24) is 10.2 Å². The van der Waals surface area contributed by atoms with Crippen LogP contribution in [0.1, 0.15) is 25.8 Å². The predicted molar refractivity (Wildman–Crippen MR) is 87.1 cm³/mol. The molecule has 1 aliphatic heterocycles. The number of nitrogens with one attached hydrogen (secondary N) is 1. The Labute approximate surface area is 140 Å². The van der Waals surface area contributed by atoms with Gasteiger partial charge in [-0.2, -0.15) is 0 Å². The van der Waals surface area contributed by atoms with Gasteiger partial charge >= 0.3 is 12.0 Å². The van der Waals surface area contributed by atoms with Gasteiger partial charge in [-0.05, 0) is 37.1 Å². The minimum absolute atomic E-state index is 0.158. The number of rotatable bonds is 7. The number of amides is 3. The number of hydrogen-bond donors (Lipinski definition) is 1. The first-order valence-corrected chi connectivity index (χ1v) is 7.78. The van der Waals surface area contributed by atoms with E-state index in [0.29, 0.717) is 25.3 Å². The minimum Gasteiger partial charge on any atom is -0.482 e. The number of esters is 1. The van der Waals surface area contributed by atoms with E-state index in [0.717, 1.165) is 5.56 Å². The van der Waals surface area contributed by atoms with E-state index in [4.69, 9.17) is 9.47 Å². The van der Waals surface area contributed by atoms with E-state index in [2.05, 4.69) is 5.32 Å². The number of urea groups is 1. The summed E-state index contributed by atoms with van der Waals surface area (Å²) >= 11 is 0. The van der Waals surface area contributed by atoms with E-state index in [1.807, 2.05) is 6.92 Å². The van der Waals surface area contributed by atoms with Crippen LogP contribution in [-0.2, 0) is 14.3 Å². The average Bonchev–Trinajstić information content (AvgIpc) is 2.82. The van der Waals surface area contributed by atoms with Crippen molar-refractivity contribution in [2.75, 3.05) is 19.8 Å². The summed E-state index contributed by atoms with van der Waals surface area (Å²) in [5.74, 6) is -0.247. The summed E-state index contributed by atoms with van der Waals surface area (Å²) in [5, 5.41) is 2.56. The lowest BCUT2D eigenvalue weighted by atomic mass is 10.2. The molecule has 24 heavy (non-hydrogen) atoms. The Morgan fingerprint density at radius 1 is 1.21 bits per heavy atom. The zero-order valence-corrected chi connectivity index (χ0v) is 13.7. The fourth-order valence-corrected chi connectivity index (χ4v) is 2.17. The van der Waals surface area contributed by atoms with Crippen LogP contribution in [0, 0.1) is 0 Å². The smallest absolute Gasteiger partial charge is 0.344 e. The van der Waals surface area contributed by atoms with Gasteiger partial charge in [-0.3, -0.25) is 9.69 Å². The lowest BCUT2D eigenvalue weighted by Gasteiger charge is -2.08. The Balaban J connectivity index is 2.00. The SMILES string of the molecule is CCCN1C(=O)N/C(=C/c2ccc(OCC(=O)OCC)cc2)C1=O. The van der Waals surface area contributed by atoms with Crippen LogP contribution in [0.5, 0.6) is 5.75 Å². The van der Waals surface area contributed by atoms with Gasteiger partial charge in [0.25, 0.3) is 5.91 Å². The first-order valence-electron chi connectivity index (χ1n) is 7.78. The molecule has 1 fully saturated rings. The van der Waals surface area contributed by atoms with Crippen LogP contribution >= 0.6 is 0 Å². The number of ether oxygens (including phenoxy) is 2. The molecule has 7 nitrogen and oxygen atoms in total. The van der Waals surface area contributed by atoms with E-state index in [1.54, 1.807) is 37.3 Å². The van der Waals surface area contributed by atoms with Gasteiger partial charge in [-0.1, -0.05) is 19.1 Å². The van der Waals surface area contributed by atoms with E-state index in [1.165, 1.54) is 4.90 Å². The number of benzene rings is 1. The van der Waals surface area contributed by atoms with E-state index < -0.39 is 12.0 Å². The van der Waals surface area contributed by atoms with Crippen LogP contribution in [-0.4, -0.2) is 42.6 Å². The molecule has 3 amide bonds. The topological polar surface area (TPSA) is 84.9 Å². The molecule has 0 unspecified atom stereocenters. The molecule has 1 aromatic rings. The maximum atomic E-state index is 12.1. The summed E-state index contributed by atoms with van der Waals surface area (Å²) in [7, 11) is 0. The molecule has 0 spiro atoms. The predicted octanol–water partition coefficient (Wildman–Crippen LogP) is 1.93. The summed E-state index contributed by atoms with van der Waals surface area (Å²) in [6, 6.07) is 6.42. The maximum absolute atomic E-state index is 12.1. The number of hydrogen-bond acceptors (Lipinski definition) is 5. The van der Waals surface area contributed by atoms with E-state index in [-0.39, 0.29) is 18.2 Å². The monoisotopic (exact) mass is 332 g/mol. The summed E-state index contributed by atoms with van der Waals surface area (Å²) in [5.41, 5.74) is 0.981. The van der Waals surface area contributed by atoms with E-state index in [9.17, 15) is 14.4 Å². The van der Waals surface area contributed by atoms with Crippen molar-refractivity contribution < 1.29 is 23.9 Å². The van der Waals surface area contributed by atoms with Crippen molar-refractivity contribution in [3.05, 3.63) is 35.5 Å². The van der Waals surface area contributed by atoms with Crippen LogP contribution in [0.3, 0.4) is 0 Å². The molecule has 0 aliphatic carbocycles. The number of carbonyl (C=O) groups is 3. The van der Waals surface area contributed by atoms with E-state index >= 15 is 0 Å². The van der Waals surface area contributed by atoms with Gasteiger partial charge < -0.3 is 14.8 Å². The maximum Gasteiger partial charge on any atom is 0.344 e. The lowest BCUT2D eigenvalue weighted by Crippen LogP contribution is -2.31. The van der Waals surface area contributed by atoms with Gasteiger partial charge in [0.05, 0.1) is 6.61 Å². The summed E-state index contributed by atoms with van der Waals surface area (Å²) in [4.78, 5) is 36.2. The van der Waals surface area contributed by atoms with Crippen LogP contribution in [0.15, 0.2) is 30.0 Å². The Hall–Kier alpha value is -2.83. The molecular weight excluding hydrogens is 312 g/mol. The highest BCUT2D eigenvalue weighted by atomic mass is 16.6. The fourth-order valence-electron chi connectivity index (χ4n) is 2.17. The zero-order chi connectivity index (χ0) is 17.5. The van der Waals surface area contributed by atoms with Crippen molar-refractivity contribution in [2.24, 2.45) is 0 Å². The Morgan fingerprint density at radius 2 is 1.92 bits per heavy atom. The summed E-state index contributed by atoms with van der Waals surface area (Å²) in [6.07, 6.45) is 2.31. The highest BCUT2D eigenvalue weighted by Gasteiger charge is 2.32. The van der Waals surface area contributed by atoms with Crippen molar-refractivity contribution in [3.63, 3.8) is 0 Å². The zero-order valence-electron chi connectivity index (χ0n) is 13.7. The molecule has 0 saturated carbocycles. The van der Waals surface area contributed by atoms with Crippen molar-refractivity contribution in [3.8, 4) is 5.75 Å².